The molecular formula is C26H33N3O2. The van der Waals surface area contributed by atoms with Crippen LogP contribution in [0.4, 0.5) is 5.69 Å². The van der Waals surface area contributed by atoms with Crippen LogP contribution in [0.2, 0.25) is 0 Å². The summed E-state index contributed by atoms with van der Waals surface area (Å²) in [4.78, 5) is 29.7. The fourth-order valence-electron chi connectivity index (χ4n) is 4.91. The minimum absolute atomic E-state index is 0.0201. The Kier molecular flexibility index (Phi) is 6.71. The molecule has 0 bridgehead atoms. The number of nitrogens with one attached hydrogen (secondary N) is 1. The summed E-state index contributed by atoms with van der Waals surface area (Å²) in [5.41, 5.74) is 2.55. The van der Waals surface area contributed by atoms with E-state index in [0.29, 0.717) is 25.9 Å². The smallest absolute Gasteiger partial charge is 0.235 e. The predicted octanol–water partition coefficient (Wildman–Crippen LogP) is 3.84. The minimum Gasteiger partial charge on any atom is -0.343 e. The average molecular weight is 420 g/mol. The minimum atomic E-state index is -0.609. The van der Waals surface area contributed by atoms with Crippen LogP contribution >= 0.6 is 0 Å². The van der Waals surface area contributed by atoms with Crippen LogP contribution in [0.3, 0.4) is 0 Å². The molecule has 5 heteroatoms. The van der Waals surface area contributed by atoms with Gasteiger partial charge in [-0.1, -0.05) is 42.5 Å². The van der Waals surface area contributed by atoms with Crippen molar-refractivity contribution >= 4 is 17.5 Å². The molecule has 2 aromatic carbocycles. The number of hydrogen-bond donors (Lipinski definition) is 1. The predicted molar refractivity (Wildman–Crippen MR) is 124 cm³/mol. The summed E-state index contributed by atoms with van der Waals surface area (Å²) < 4.78 is 0. The highest BCUT2D eigenvalue weighted by Gasteiger charge is 2.43. The summed E-state index contributed by atoms with van der Waals surface area (Å²) in [6.07, 6.45) is 4.95. The van der Waals surface area contributed by atoms with Gasteiger partial charge in [-0.05, 0) is 68.5 Å². The number of hydrogen-bond acceptors (Lipinski definition) is 3. The molecule has 31 heavy (non-hydrogen) atoms. The van der Waals surface area contributed by atoms with Gasteiger partial charge >= 0.3 is 0 Å². The van der Waals surface area contributed by atoms with Crippen LogP contribution in [0.1, 0.15) is 43.7 Å². The largest absolute Gasteiger partial charge is 0.343 e. The lowest BCUT2D eigenvalue weighted by atomic mass is 9.72. The maximum Gasteiger partial charge on any atom is 0.235 e. The summed E-state index contributed by atoms with van der Waals surface area (Å²) >= 11 is 0. The van der Waals surface area contributed by atoms with Gasteiger partial charge in [0.15, 0.2) is 0 Å². The molecule has 0 aliphatic carbocycles. The van der Waals surface area contributed by atoms with Crippen LogP contribution in [-0.2, 0) is 21.4 Å². The van der Waals surface area contributed by atoms with E-state index in [2.05, 4.69) is 22.3 Å². The van der Waals surface area contributed by atoms with Crippen molar-refractivity contribution in [3.8, 4) is 0 Å². The molecule has 2 amide bonds. The molecule has 2 heterocycles. The molecule has 5 nitrogen and oxygen atoms in total. The first-order valence-electron chi connectivity index (χ1n) is 11.5. The van der Waals surface area contributed by atoms with E-state index in [4.69, 9.17) is 0 Å². The quantitative estimate of drug-likeness (QED) is 0.774. The zero-order chi connectivity index (χ0) is 21.7. The highest BCUT2D eigenvalue weighted by molar-refractivity contribution is 5.99. The molecular weight excluding hydrogens is 386 g/mol. The van der Waals surface area contributed by atoms with Gasteiger partial charge in [-0.3, -0.25) is 9.59 Å². The van der Waals surface area contributed by atoms with Gasteiger partial charge in [-0.15, -0.1) is 0 Å². The Morgan fingerprint density at radius 1 is 0.903 bits per heavy atom. The summed E-state index contributed by atoms with van der Waals surface area (Å²) in [6.45, 7) is 6.35. The number of anilines is 1. The maximum atomic E-state index is 13.5. The normalized spacial score (nSPS) is 18.7. The molecule has 0 spiro atoms. The number of carbonyl (C=O) groups is 2. The van der Waals surface area contributed by atoms with E-state index < -0.39 is 5.41 Å². The second kappa shape index (κ2) is 9.65. The third-order valence-corrected chi connectivity index (χ3v) is 6.95. The molecule has 2 saturated heterocycles. The zero-order valence-corrected chi connectivity index (χ0v) is 18.5. The Morgan fingerprint density at radius 2 is 1.55 bits per heavy atom. The van der Waals surface area contributed by atoms with Crippen molar-refractivity contribution in [3.05, 3.63) is 65.7 Å². The van der Waals surface area contributed by atoms with E-state index in [1.807, 2.05) is 47.4 Å². The first kappa shape index (κ1) is 21.6. The number of carbonyl (C=O) groups excluding carboxylic acids is 2. The Hall–Kier alpha value is -2.66. The molecule has 2 aliphatic rings. The fraction of sp³-hybridized carbons (Fsp3) is 0.462. The van der Waals surface area contributed by atoms with Gasteiger partial charge in [0, 0.05) is 32.2 Å². The molecule has 0 atom stereocenters. The Bertz CT molecular complexity index is 881. The summed E-state index contributed by atoms with van der Waals surface area (Å²) in [5.74, 6) is 0.0957. The second-order valence-corrected chi connectivity index (χ2v) is 8.90. The van der Waals surface area contributed by atoms with Crippen molar-refractivity contribution in [1.82, 2.24) is 9.80 Å². The van der Waals surface area contributed by atoms with Crippen molar-refractivity contribution in [3.63, 3.8) is 0 Å². The van der Waals surface area contributed by atoms with E-state index in [-0.39, 0.29) is 11.8 Å². The highest BCUT2D eigenvalue weighted by Crippen LogP contribution is 2.37. The zero-order valence-electron chi connectivity index (χ0n) is 18.5. The van der Waals surface area contributed by atoms with E-state index in [9.17, 15) is 9.59 Å². The number of piperidine rings is 1. The summed E-state index contributed by atoms with van der Waals surface area (Å²) in [6, 6.07) is 18.3. The summed E-state index contributed by atoms with van der Waals surface area (Å²) in [5, 5.41) is 3.17. The Balaban J connectivity index is 1.44. The lowest BCUT2D eigenvalue weighted by Crippen LogP contribution is -2.50. The topological polar surface area (TPSA) is 52.7 Å². The van der Waals surface area contributed by atoms with Crippen molar-refractivity contribution in [2.75, 3.05) is 38.0 Å². The number of nitrogens with zero attached hydrogens (tertiary/aromatic N) is 2. The molecule has 0 unspecified atom stereocenters. The van der Waals surface area contributed by atoms with Crippen LogP contribution in [0.5, 0.6) is 0 Å². The molecule has 1 N–H and O–H groups in total. The standard InChI is InChI=1S/C26H33N3O2/c1-21(30)29-19-14-26(15-20-29,23-7-3-2-4-8-23)25(31)27-24-11-9-22(10-12-24)13-18-28-16-5-6-17-28/h2-4,7-12H,5-6,13-20H2,1H3,(H,27,31). The van der Waals surface area contributed by atoms with Gasteiger partial charge in [0.1, 0.15) is 0 Å². The van der Waals surface area contributed by atoms with Gasteiger partial charge in [0.25, 0.3) is 0 Å². The van der Waals surface area contributed by atoms with E-state index in [1.54, 1.807) is 6.92 Å². The monoisotopic (exact) mass is 419 g/mol. The van der Waals surface area contributed by atoms with Gasteiger partial charge in [0.05, 0.1) is 5.41 Å². The maximum absolute atomic E-state index is 13.5. The van der Waals surface area contributed by atoms with Crippen LogP contribution in [-0.4, -0.2) is 54.3 Å². The third kappa shape index (κ3) is 4.99. The van der Waals surface area contributed by atoms with E-state index in [1.165, 1.54) is 31.5 Å². The highest BCUT2D eigenvalue weighted by atomic mass is 16.2. The second-order valence-electron chi connectivity index (χ2n) is 8.90. The van der Waals surface area contributed by atoms with Crippen LogP contribution in [0.15, 0.2) is 54.6 Å². The molecule has 4 rings (SSSR count). The lowest BCUT2D eigenvalue weighted by molar-refractivity contribution is -0.133. The molecule has 2 aromatic rings. The molecule has 0 saturated carbocycles. The van der Waals surface area contributed by atoms with Crippen LogP contribution in [0.25, 0.3) is 0 Å². The Labute approximate surface area is 185 Å². The van der Waals surface area contributed by atoms with E-state index in [0.717, 1.165) is 24.2 Å². The van der Waals surface area contributed by atoms with Crippen molar-refractivity contribution in [1.29, 1.82) is 0 Å². The first-order chi connectivity index (χ1) is 15.1. The van der Waals surface area contributed by atoms with Crippen LogP contribution < -0.4 is 5.32 Å². The SMILES string of the molecule is CC(=O)N1CCC(C(=O)Nc2ccc(CCN3CCCC3)cc2)(c2ccccc2)CC1. The molecule has 0 radical (unpaired) electrons. The van der Waals surface area contributed by atoms with Crippen molar-refractivity contribution < 1.29 is 9.59 Å². The van der Waals surface area contributed by atoms with Gasteiger partial charge in [-0.2, -0.15) is 0 Å². The third-order valence-electron chi connectivity index (χ3n) is 6.95. The molecule has 2 fully saturated rings. The fourth-order valence-corrected chi connectivity index (χ4v) is 4.91. The first-order valence-corrected chi connectivity index (χ1v) is 11.5. The molecule has 0 aromatic heterocycles. The number of benzene rings is 2. The number of likely N-dealkylation sites (tertiary alicyclic amines) is 2. The van der Waals surface area contributed by atoms with E-state index >= 15 is 0 Å². The van der Waals surface area contributed by atoms with Gasteiger partial charge < -0.3 is 15.1 Å². The molecule has 164 valence electrons. The molecule has 2 aliphatic heterocycles. The van der Waals surface area contributed by atoms with Crippen LogP contribution in [0, 0.1) is 0 Å². The van der Waals surface area contributed by atoms with Crippen molar-refractivity contribution in [2.45, 2.75) is 44.4 Å². The van der Waals surface area contributed by atoms with Crippen molar-refractivity contribution in [2.24, 2.45) is 0 Å². The van der Waals surface area contributed by atoms with Gasteiger partial charge in [0.2, 0.25) is 11.8 Å². The number of rotatable bonds is 6. The average Bonchev–Trinajstić information content (AvgIpc) is 3.33. The van der Waals surface area contributed by atoms with Gasteiger partial charge in [-0.25, -0.2) is 0 Å². The lowest BCUT2D eigenvalue weighted by Gasteiger charge is -2.40. The summed E-state index contributed by atoms with van der Waals surface area (Å²) in [7, 11) is 0. The Morgan fingerprint density at radius 3 is 2.16 bits per heavy atom. The number of amides is 2.